The second-order valence-corrected chi connectivity index (χ2v) is 5.29. The molecule has 5 heteroatoms. The molecule has 0 aromatic heterocycles. The lowest BCUT2D eigenvalue weighted by molar-refractivity contribution is -0.150. The monoisotopic (exact) mass is 252 g/mol. The van der Waals surface area contributed by atoms with Gasteiger partial charge in [-0.15, -0.1) is 0 Å². The second-order valence-electron chi connectivity index (χ2n) is 5.29. The number of urea groups is 1. The van der Waals surface area contributed by atoms with E-state index < -0.39 is 23.3 Å². The van der Waals surface area contributed by atoms with E-state index in [9.17, 15) is 14.4 Å². The van der Waals surface area contributed by atoms with Crippen molar-refractivity contribution in [2.75, 3.05) is 0 Å². The van der Waals surface area contributed by atoms with Gasteiger partial charge >= 0.3 is 6.03 Å². The number of carbonyl (C=O) groups is 3. The van der Waals surface area contributed by atoms with E-state index >= 15 is 0 Å². The van der Waals surface area contributed by atoms with Crippen molar-refractivity contribution >= 4 is 17.8 Å². The Kier molecular flexibility index (Phi) is 3.68. The van der Waals surface area contributed by atoms with Gasteiger partial charge in [0, 0.05) is 0 Å². The van der Waals surface area contributed by atoms with Gasteiger partial charge in [0.25, 0.3) is 0 Å². The lowest BCUT2D eigenvalue weighted by Crippen LogP contribution is -2.65. The molecule has 1 aliphatic carbocycles. The average Bonchev–Trinajstić information content (AvgIpc) is 2.35. The summed E-state index contributed by atoms with van der Waals surface area (Å²) in [6.45, 7) is 1.96. The number of hydrogen-bond acceptors (Lipinski definition) is 3. The maximum Gasteiger partial charge on any atom is 0.328 e. The van der Waals surface area contributed by atoms with Crippen molar-refractivity contribution in [3.05, 3.63) is 0 Å². The minimum Gasteiger partial charge on any atom is -0.277 e. The van der Waals surface area contributed by atoms with Crippen LogP contribution in [0.5, 0.6) is 0 Å². The van der Waals surface area contributed by atoms with E-state index in [1.165, 1.54) is 6.42 Å². The minimum absolute atomic E-state index is 0.0688. The fourth-order valence-corrected chi connectivity index (χ4v) is 3.36. The number of hydrogen-bond donors (Lipinski definition) is 2. The predicted octanol–water partition coefficient (Wildman–Crippen LogP) is 1.72. The lowest BCUT2D eigenvalue weighted by atomic mass is 9.64. The SMILES string of the molecule is CCCC1(C2CCCCC2)C(=O)NC(=O)NC1=O. The van der Waals surface area contributed by atoms with Crippen molar-refractivity contribution < 1.29 is 14.4 Å². The number of amides is 4. The molecule has 2 fully saturated rings. The first-order valence-electron chi connectivity index (χ1n) is 6.78. The summed E-state index contributed by atoms with van der Waals surface area (Å²) >= 11 is 0. The minimum atomic E-state index is -1.02. The molecule has 0 atom stereocenters. The fourth-order valence-electron chi connectivity index (χ4n) is 3.36. The third-order valence-electron chi connectivity index (χ3n) is 4.21. The van der Waals surface area contributed by atoms with Gasteiger partial charge in [0.2, 0.25) is 11.8 Å². The molecule has 18 heavy (non-hydrogen) atoms. The molecule has 2 N–H and O–H groups in total. The standard InChI is InChI=1S/C13H20N2O3/c1-2-8-13(9-6-4-3-5-7-9)10(16)14-12(18)15-11(13)17/h9H,2-8H2,1H3,(H2,14,15,16,17,18). The number of nitrogens with one attached hydrogen (secondary N) is 2. The van der Waals surface area contributed by atoms with Gasteiger partial charge < -0.3 is 0 Å². The quantitative estimate of drug-likeness (QED) is 0.751. The van der Waals surface area contributed by atoms with Crippen LogP contribution in [0.2, 0.25) is 0 Å². The van der Waals surface area contributed by atoms with Gasteiger partial charge in [-0.2, -0.15) is 0 Å². The Hall–Kier alpha value is -1.39. The maximum atomic E-state index is 12.2. The maximum absolute atomic E-state index is 12.2. The number of barbiturate groups is 1. The molecule has 2 rings (SSSR count). The summed E-state index contributed by atoms with van der Waals surface area (Å²) in [5.41, 5.74) is -1.02. The molecule has 1 saturated heterocycles. The Labute approximate surface area is 107 Å². The third-order valence-corrected chi connectivity index (χ3v) is 4.21. The molecule has 0 bridgehead atoms. The summed E-state index contributed by atoms with van der Waals surface area (Å²) in [6, 6.07) is -0.687. The first-order chi connectivity index (χ1) is 8.61. The van der Waals surface area contributed by atoms with E-state index in [4.69, 9.17) is 0 Å². The Morgan fingerprint density at radius 1 is 1.06 bits per heavy atom. The van der Waals surface area contributed by atoms with Crippen molar-refractivity contribution in [3.8, 4) is 0 Å². The smallest absolute Gasteiger partial charge is 0.277 e. The Morgan fingerprint density at radius 2 is 1.61 bits per heavy atom. The van der Waals surface area contributed by atoms with E-state index in [1.807, 2.05) is 6.92 Å². The molecule has 0 unspecified atom stereocenters. The van der Waals surface area contributed by atoms with Crippen molar-refractivity contribution in [1.29, 1.82) is 0 Å². The summed E-state index contributed by atoms with van der Waals surface area (Å²) in [5, 5.41) is 4.55. The Morgan fingerprint density at radius 3 is 2.11 bits per heavy atom. The summed E-state index contributed by atoms with van der Waals surface area (Å²) in [7, 11) is 0. The number of carbonyl (C=O) groups excluding carboxylic acids is 3. The van der Waals surface area contributed by atoms with Crippen LogP contribution in [-0.4, -0.2) is 17.8 Å². The zero-order valence-corrected chi connectivity index (χ0v) is 10.8. The van der Waals surface area contributed by atoms with Gasteiger partial charge in [-0.25, -0.2) is 4.79 Å². The summed E-state index contributed by atoms with van der Waals surface area (Å²) in [5.74, 6) is -0.727. The molecular formula is C13H20N2O3. The van der Waals surface area contributed by atoms with Crippen molar-refractivity contribution in [2.45, 2.75) is 51.9 Å². The highest BCUT2D eigenvalue weighted by atomic mass is 16.2. The van der Waals surface area contributed by atoms with Gasteiger partial charge in [-0.3, -0.25) is 20.2 Å². The summed E-state index contributed by atoms with van der Waals surface area (Å²) in [6.07, 6.45) is 6.36. The molecule has 0 aromatic carbocycles. The third kappa shape index (κ3) is 2.02. The molecule has 5 nitrogen and oxygen atoms in total. The van der Waals surface area contributed by atoms with Crippen LogP contribution >= 0.6 is 0 Å². The van der Waals surface area contributed by atoms with Crippen LogP contribution < -0.4 is 10.6 Å². The van der Waals surface area contributed by atoms with Gasteiger partial charge in [-0.05, 0) is 25.2 Å². The first-order valence-corrected chi connectivity index (χ1v) is 6.78. The Bertz CT molecular complexity index is 352. The molecule has 1 saturated carbocycles. The van der Waals surface area contributed by atoms with Crippen molar-refractivity contribution in [3.63, 3.8) is 0 Å². The zero-order valence-electron chi connectivity index (χ0n) is 10.8. The number of rotatable bonds is 3. The fraction of sp³-hybridized carbons (Fsp3) is 0.769. The van der Waals surface area contributed by atoms with E-state index in [-0.39, 0.29) is 5.92 Å². The van der Waals surface area contributed by atoms with Crippen LogP contribution in [0.15, 0.2) is 0 Å². The Balaban J connectivity index is 2.31. The first kappa shape index (κ1) is 13.1. The highest BCUT2D eigenvalue weighted by Crippen LogP contribution is 2.43. The van der Waals surface area contributed by atoms with E-state index in [0.29, 0.717) is 6.42 Å². The predicted molar refractivity (Wildman–Crippen MR) is 65.6 cm³/mol. The highest BCUT2D eigenvalue weighted by molar-refractivity contribution is 6.19. The van der Waals surface area contributed by atoms with Gasteiger partial charge in [0.1, 0.15) is 5.41 Å². The van der Waals surface area contributed by atoms with Crippen LogP contribution in [0.1, 0.15) is 51.9 Å². The van der Waals surface area contributed by atoms with E-state index in [0.717, 1.165) is 32.1 Å². The van der Waals surface area contributed by atoms with Gasteiger partial charge in [0.15, 0.2) is 0 Å². The normalized spacial score (nSPS) is 24.6. The van der Waals surface area contributed by atoms with Crippen LogP contribution in [0.3, 0.4) is 0 Å². The van der Waals surface area contributed by atoms with E-state index in [1.54, 1.807) is 0 Å². The second kappa shape index (κ2) is 5.08. The zero-order chi connectivity index (χ0) is 13.2. The van der Waals surface area contributed by atoms with Crippen LogP contribution in [0.4, 0.5) is 4.79 Å². The van der Waals surface area contributed by atoms with Crippen LogP contribution in [-0.2, 0) is 9.59 Å². The molecule has 4 amide bonds. The van der Waals surface area contributed by atoms with Crippen molar-refractivity contribution in [2.24, 2.45) is 11.3 Å². The largest absolute Gasteiger partial charge is 0.328 e. The summed E-state index contributed by atoms with van der Waals surface area (Å²) < 4.78 is 0. The molecular weight excluding hydrogens is 232 g/mol. The van der Waals surface area contributed by atoms with Gasteiger partial charge in [-0.1, -0.05) is 32.6 Å². The highest BCUT2D eigenvalue weighted by Gasteiger charge is 2.54. The molecule has 2 aliphatic rings. The topological polar surface area (TPSA) is 75.3 Å². The molecule has 1 heterocycles. The molecule has 0 spiro atoms. The molecule has 0 aromatic rings. The molecule has 0 radical (unpaired) electrons. The average molecular weight is 252 g/mol. The number of imide groups is 2. The molecule has 100 valence electrons. The van der Waals surface area contributed by atoms with E-state index in [2.05, 4.69) is 10.6 Å². The summed E-state index contributed by atoms with van der Waals surface area (Å²) in [4.78, 5) is 35.7. The lowest BCUT2D eigenvalue weighted by Gasteiger charge is -2.41. The van der Waals surface area contributed by atoms with Crippen molar-refractivity contribution in [1.82, 2.24) is 10.6 Å². The molecule has 1 aliphatic heterocycles. The van der Waals surface area contributed by atoms with Crippen LogP contribution in [0.25, 0.3) is 0 Å². The van der Waals surface area contributed by atoms with Gasteiger partial charge in [0.05, 0.1) is 0 Å². The van der Waals surface area contributed by atoms with Crippen LogP contribution in [0, 0.1) is 11.3 Å².